The number of anilines is 1. The molecule has 0 spiro atoms. The van der Waals surface area contributed by atoms with Crippen molar-refractivity contribution in [3.63, 3.8) is 0 Å². The number of nitrogens with one attached hydrogen (secondary N) is 1. The number of hydrogen-bond donors (Lipinski definition) is 1. The Morgan fingerprint density at radius 1 is 0.879 bits per heavy atom. The van der Waals surface area contributed by atoms with Gasteiger partial charge in [-0.2, -0.15) is 0 Å². The van der Waals surface area contributed by atoms with Crippen LogP contribution in [-0.4, -0.2) is 43.9 Å². The van der Waals surface area contributed by atoms with Gasteiger partial charge in [0.1, 0.15) is 0 Å². The van der Waals surface area contributed by atoms with Gasteiger partial charge in [-0.15, -0.1) is 0 Å². The van der Waals surface area contributed by atoms with Crippen molar-refractivity contribution >= 4 is 40.7 Å². The lowest BCUT2D eigenvalue weighted by Gasteiger charge is -2.24. The molecule has 0 atom stereocenters. The predicted molar refractivity (Wildman–Crippen MR) is 135 cm³/mol. The van der Waals surface area contributed by atoms with Crippen LogP contribution >= 0.6 is 23.2 Å². The van der Waals surface area contributed by atoms with E-state index in [1.807, 2.05) is 73.6 Å². The molecule has 3 rings (SSSR count). The standard InChI is InChI=1S/C26H27Cl2N3O2/c1-30(2)15-14-29-25(32)16-19-8-11-22(12-9-19)31(18-20-6-4-3-5-7-20)26(33)23-13-10-21(27)17-24(23)28/h3-13,17H,14-16,18H2,1-2H3,(H,29,32). The second kappa shape index (κ2) is 11.8. The highest BCUT2D eigenvalue weighted by molar-refractivity contribution is 6.37. The summed E-state index contributed by atoms with van der Waals surface area (Å²) >= 11 is 12.3. The summed E-state index contributed by atoms with van der Waals surface area (Å²) in [6.45, 7) is 1.77. The van der Waals surface area contributed by atoms with E-state index in [1.54, 1.807) is 23.1 Å². The molecule has 3 aromatic rings. The van der Waals surface area contributed by atoms with Gasteiger partial charge in [-0.1, -0.05) is 65.7 Å². The molecule has 0 bridgehead atoms. The minimum absolute atomic E-state index is 0.0326. The molecule has 172 valence electrons. The Kier molecular flexibility index (Phi) is 8.89. The van der Waals surface area contributed by atoms with Crippen LogP contribution in [0.2, 0.25) is 10.0 Å². The normalized spacial score (nSPS) is 10.8. The zero-order valence-electron chi connectivity index (χ0n) is 18.7. The minimum atomic E-state index is -0.227. The van der Waals surface area contributed by atoms with Crippen LogP contribution in [0.3, 0.4) is 0 Å². The van der Waals surface area contributed by atoms with Gasteiger partial charge in [0.05, 0.1) is 23.6 Å². The van der Waals surface area contributed by atoms with E-state index in [1.165, 1.54) is 0 Å². The summed E-state index contributed by atoms with van der Waals surface area (Å²) in [4.78, 5) is 29.3. The Morgan fingerprint density at radius 2 is 1.58 bits per heavy atom. The number of nitrogens with zero attached hydrogens (tertiary/aromatic N) is 2. The Bertz CT molecular complexity index is 1090. The molecule has 0 heterocycles. The highest BCUT2D eigenvalue weighted by atomic mass is 35.5. The maximum absolute atomic E-state index is 13.4. The first-order chi connectivity index (χ1) is 15.8. The van der Waals surface area contributed by atoms with Gasteiger partial charge in [0.15, 0.2) is 0 Å². The van der Waals surface area contributed by atoms with Crippen LogP contribution in [0.1, 0.15) is 21.5 Å². The van der Waals surface area contributed by atoms with E-state index in [4.69, 9.17) is 23.2 Å². The molecule has 0 fully saturated rings. The molecular weight excluding hydrogens is 457 g/mol. The number of hydrogen-bond acceptors (Lipinski definition) is 3. The number of carbonyl (C=O) groups excluding carboxylic acids is 2. The van der Waals surface area contributed by atoms with E-state index >= 15 is 0 Å². The van der Waals surface area contributed by atoms with Gasteiger partial charge in [0, 0.05) is 23.8 Å². The van der Waals surface area contributed by atoms with Gasteiger partial charge < -0.3 is 15.1 Å². The maximum Gasteiger partial charge on any atom is 0.260 e. The monoisotopic (exact) mass is 483 g/mol. The van der Waals surface area contributed by atoms with Crippen molar-refractivity contribution in [1.29, 1.82) is 0 Å². The summed E-state index contributed by atoms with van der Waals surface area (Å²) in [6.07, 6.45) is 0.281. The molecule has 3 aromatic carbocycles. The molecule has 2 amide bonds. The molecule has 7 heteroatoms. The van der Waals surface area contributed by atoms with Crippen LogP contribution in [0.25, 0.3) is 0 Å². The average molecular weight is 484 g/mol. The number of amides is 2. The highest BCUT2D eigenvalue weighted by Gasteiger charge is 2.21. The molecule has 0 aliphatic heterocycles. The van der Waals surface area contributed by atoms with Gasteiger partial charge in [-0.3, -0.25) is 9.59 Å². The SMILES string of the molecule is CN(C)CCNC(=O)Cc1ccc(N(Cc2ccccc2)C(=O)c2ccc(Cl)cc2Cl)cc1. The molecule has 33 heavy (non-hydrogen) atoms. The molecule has 0 radical (unpaired) electrons. The van der Waals surface area contributed by atoms with Crippen molar-refractivity contribution in [2.24, 2.45) is 0 Å². The van der Waals surface area contributed by atoms with Gasteiger partial charge >= 0.3 is 0 Å². The molecule has 0 aliphatic carbocycles. The van der Waals surface area contributed by atoms with Crippen molar-refractivity contribution in [2.75, 3.05) is 32.1 Å². The summed E-state index contributed by atoms with van der Waals surface area (Å²) < 4.78 is 0. The van der Waals surface area contributed by atoms with Gasteiger partial charge in [-0.25, -0.2) is 0 Å². The largest absolute Gasteiger partial charge is 0.355 e. The van der Waals surface area contributed by atoms with Crippen LogP contribution in [0, 0.1) is 0 Å². The van der Waals surface area contributed by atoms with Crippen LogP contribution in [-0.2, 0) is 17.8 Å². The lowest BCUT2D eigenvalue weighted by molar-refractivity contribution is -0.120. The molecular formula is C26H27Cl2N3O2. The average Bonchev–Trinajstić information content (AvgIpc) is 2.78. The van der Waals surface area contributed by atoms with E-state index in [9.17, 15) is 9.59 Å². The molecule has 5 nitrogen and oxygen atoms in total. The first kappa shape index (κ1) is 24.8. The van der Waals surface area contributed by atoms with Crippen LogP contribution in [0.15, 0.2) is 72.8 Å². The quantitative estimate of drug-likeness (QED) is 0.462. The zero-order valence-corrected chi connectivity index (χ0v) is 20.2. The lowest BCUT2D eigenvalue weighted by atomic mass is 10.1. The molecule has 0 unspecified atom stereocenters. The Balaban J connectivity index is 1.80. The number of likely N-dealkylation sites (N-methyl/N-ethyl adjacent to an activating group) is 1. The van der Waals surface area contributed by atoms with Crippen LogP contribution in [0.4, 0.5) is 5.69 Å². The molecule has 0 saturated heterocycles. The summed E-state index contributed by atoms with van der Waals surface area (Å²) in [7, 11) is 3.93. The second-order valence-corrected chi connectivity index (χ2v) is 8.84. The molecule has 0 aromatic heterocycles. The minimum Gasteiger partial charge on any atom is -0.355 e. The smallest absolute Gasteiger partial charge is 0.260 e. The van der Waals surface area contributed by atoms with E-state index in [0.717, 1.165) is 17.7 Å². The van der Waals surface area contributed by atoms with Crippen LogP contribution in [0.5, 0.6) is 0 Å². The zero-order chi connectivity index (χ0) is 23.8. The van der Waals surface area contributed by atoms with Crippen molar-refractivity contribution < 1.29 is 9.59 Å². The number of benzene rings is 3. The van der Waals surface area contributed by atoms with E-state index in [2.05, 4.69) is 5.32 Å². The van der Waals surface area contributed by atoms with E-state index < -0.39 is 0 Å². The lowest BCUT2D eigenvalue weighted by Crippen LogP contribution is -2.32. The fourth-order valence-corrected chi connectivity index (χ4v) is 3.80. The van der Waals surface area contributed by atoms with Gasteiger partial charge in [-0.05, 0) is 55.6 Å². The summed E-state index contributed by atoms with van der Waals surface area (Å²) in [5, 5.41) is 3.69. The van der Waals surface area contributed by atoms with Crippen molar-refractivity contribution in [3.8, 4) is 0 Å². The topological polar surface area (TPSA) is 52.7 Å². The van der Waals surface area contributed by atoms with E-state index in [0.29, 0.717) is 34.4 Å². The molecule has 0 aliphatic rings. The Morgan fingerprint density at radius 3 is 2.21 bits per heavy atom. The van der Waals surface area contributed by atoms with E-state index in [-0.39, 0.29) is 18.2 Å². The van der Waals surface area contributed by atoms with Gasteiger partial charge in [0.2, 0.25) is 5.91 Å². The third kappa shape index (κ3) is 7.32. The number of rotatable bonds is 9. The molecule has 0 saturated carbocycles. The van der Waals surface area contributed by atoms with Crippen molar-refractivity contribution in [2.45, 2.75) is 13.0 Å². The summed E-state index contributed by atoms with van der Waals surface area (Å²) in [6, 6.07) is 22.0. The third-order valence-corrected chi connectivity index (χ3v) is 5.63. The van der Waals surface area contributed by atoms with Crippen molar-refractivity contribution in [3.05, 3.63) is 99.5 Å². The highest BCUT2D eigenvalue weighted by Crippen LogP contribution is 2.26. The fourth-order valence-electron chi connectivity index (χ4n) is 3.32. The second-order valence-electron chi connectivity index (χ2n) is 8.00. The maximum atomic E-state index is 13.4. The summed E-state index contributed by atoms with van der Waals surface area (Å²) in [5.41, 5.74) is 2.95. The van der Waals surface area contributed by atoms with Crippen molar-refractivity contribution in [1.82, 2.24) is 10.2 Å². The fraction of sp³-hybridized carbons (Fsp3) is 0.231. The Hall–Kier alpha value is -2.86. The predicted octanol–water partition coefficient (Wildman–Crippen LogP) is 5.06. The first-order valence-electron chi connectivity index (χ1n) is 10.6. The van der Waals surface area contributed by atoms with Gasteiger partial charge in [0.25, 0.3) is 5.91 Å². The third-order valence-electron chi connectivity index (χ3n) is 5.08. The Labute approximate surface area is 204 Å². The van der Waals surface area contributed by atoms with Crippen LogP contribution < -0.4 is 10.2 Å². The number of halogens is 2. The molecule has 1 N–H and O–H groups in total. The first-order valence-corrected chi connectivity index (χ1v) is 11.4. The number of carbonyl (C=O) groups is 2. The summed E-state index contributed by atoms with van der Waals surface area (Å²) in [5.74, 6) is -0.260.